The first-order valence-corrected chi connectivity index (χ1v) is 7.32. The average molecular weight is 287 g/mol. The number of hydrogen-bond donors (Lipinski definition) is 0. The first-order chi connectivity index (χ1) is 9.54. The topological polar surface area (TPSA) is 17.1 Å². The molecule has 0 aliphatic heterocycles. The van der Waals surface area contributed by atoms with E-state index in [9.17, 15) is 4.79 Å². The molecule has 2 aromatic rings. The normalized spacial score (nSPS) is 12.2. The van der Waals surface area contributed by atoms with Crippen LogP contribution in [0.4, 0.5) is 0 Å². The van der Waals surface area contributed by atoms with Crippen LogP contribution in [0.1, 0.15) is 53.2 Å². The second-order valence-electron chi connectivity index (χ2n) is 5.17. The van der Waals surface area contributed by atoms with Gasteiger partial charge in [-0.05, 0) is 36.5 Å². The fraction of sp³-hybridized carbons (Fsp3) is 0.278. The van der Waals surface area contributed by atoms with Gasteiger partial charge in [-0.15, -0.1) is 0 Å². The van der Waals surface area contributed by atoms with Gasteiger partial charge in [0, 0.05) is 16.1 Å². The molecule has 2 rings (SSSR count). The molecule has 1 unspecified atom stereocenters. The van der Waals surface area contributed by atoms with Gasteiger partial charge in [0.15, 0.2) is 5.78 Å². The van der Waals surface area contributed by atoms with E-state index < -0.39 is 0 Å². The molecule has 0 spiro atoms. The van der Waals surface area contributed by atoms with E-state index in [4.69, 9.17) is 11.6 Å². The molecule has 0 aliphatic carbocycles. The molecular weight excluding hydrogens is 268 g/mol. The lowest BCUT2D eigenvalue weighted by Gasteiger charge is -2.10. The van der Waals surface area contributed by atoms with Crippen LogP contribution < -0.4 is 0 Å². The molecule has 0 aromatic heterocycles. The van der Waals surface area contributed by atoms with E-state index in [1.807, 2.05) is 43.3 Å². The summed E-state index contributed by atoms with van der Waals surface area (Å²) in [7, 11) is 0. The molecule has 0 saturated heterocycles. The number of hydrogen-bond acceptors (Lipinski definition) is 1. The number of ketones is 1. The van der Waals surface area contributed by atoms with Crippen molar-refractivity contribution in [3.05, 3.63) is 69.7 Å². The fourth-order valence-corrected chi connectivity index (χ4v) is 2.38. The molecule has 0 N–H and O–H groups in total. The molecule has 0 radical (unpaired) electrons. The minimum absolute atomic E-state index is 0.0284. The van der Waals surface area contributed by atoms with Crippen LogP contribution in [0, 0.1) is 6.92 Å². The second-order valence-corrected chi connectivity index (χ2v) is 5.58. The Kier molecular flexibility index (Phi) is 4.61. The van der Waals surface area contributed by atoms with E-state index in [1.54, 1.807) is 6.07 Å². The fourth-order valence-electron chi connectivity index (χ4n) is 2.21. The van der Waals surface area contributed by atoms with Crippen LogP contribution in [0.2, 0.25) is 5.02 Å². The molecule has 0 fully saturated rings. The highest BCUT2D eigenvalue weighted by molar-refractivity contribution is 6.32. The third-order valence-corrected chi connectivity index (χ3v) is 4.28. The van der Waals surface area contributed by atoms with Crippen LogP contribution >= 0.6 is 11.6 Å². The molecule has 0 saturated carbocycles. The van der Waals surface area contributed by atoms with Gasteiger partial charge in [-0.1, -0.05) is 61.8 Å². The van der Waals surface area contributed by atoms with Crippen molar-refractivity contribution in [3.63, 3.8) is 0 Å². The molecule has 1 nitrogen and oxygen atoms in total. The van der Waals surface area contributed by atoms with Gasteiger partial charge in [0.1, 0.15) is 0 Å². The van der Waals surface area contributed by atoms with Gasteiger partial charge in [-0.2, -0.15) is 0 Å². The van der Waals surface area contributed by atoms with Gasteiger partial charge in [-0.3, -0.25) is 4.79 Å². The first kappa shape index (κ1) is 14.8. The largest absolute Gasteiger partial charge is 0.289 e. The zero-order valence-corrected chi connectivity index (χ0v) is 12.9. The average Bonchev–Trinajstić information content (AvgIpc) is 2.48. The van der Waals surface area contributed by atoms with Crippen molar-refractivity contribution in [1.82, 2.24) is 0 Å². The SMILES string of the molecule is CCC(C)c1ccc(C(=O)c2cccc(Cl)c2C)cc1. The smallest absolute Gasteiger partial charge is 0.193 e. The van der Waals surface area contributed by atoms with Crippen molar-refractivity contribution in [2.24, 2.45) is 0 Å². The molecule has 2 aromatic carbocycles. The standard InChI is InChI=1S/C18H19ClO/c1-4-12(2)14-8-10-15(11-9-14)18(20)16-6-5-7-17(19)13(16)3/h5-12H,4H2,1-3H3. The van der Waals surface area contributed by atoms with Crippen molar-refractivity contribution in [2.75, 3.05) is 0 Å². The molecule has 0 aliphatic rings. The highest BCUT2D eigenvalue weighted by atomic mass is 35.5. The van der Waals surface area contributed by atoms with Gasteiger partial charge >= 0.3 is 0 Å². The molecular formula is C18H19ClO. The van der Waals surface area contributed by atoms with E-state index in [2.05, 4.69) is 13.8 Å². The Morgan fingerprint density at radius 1 is 1.15 bits per heavy atom. The van der Waals surface area contributed by atoms with Crippen LogP contribution in [-0.2, 0) is 0 Å². The number of carbonyl (C=O) groups excluding carboxylic acids is 1. The van der Waals surface area contributed by atoms with Crippen LogP contribution in [0.25, 0.3) is 0 Å². The molecule has 0 amide bonds. The quantitative estimate of drug-likeness (QED) is 0.688. The van der Waals surface area contributed by atoms with E-state index in [1.165, 1.54) is 5.56 Å². The van der Waals surface area contributed by atoms with Crippen molar-refractivity contribution in [1.29, 1.82) is 0 Å². The minimum Gasteiger partial charge on any atom is -0.289 e. The number of halogens is 1. The van der Waals surface area contributed by atoms with Crippen LogP contribution in [0.5, 0.6) is 0 Å². The summed E-state index contributed by atoms with van der Waals surface area (Å²) in [5, 5.41) is 0.632. The lowest BCUT2D eigenvalue weighted by molar-refractivity contribution is 0.103. The summed E-state index contributed by atoms with van der Waals surface area (Å²) >= 11 is 6.08. The summed E-state index contributed by atoms with van der Waals surface area (Å²) < 4.78 is 0. The number of rotatable bonds is 4. The van der Waals surface area contributed by atoms with E-state index in [0.29, 0.717) is 22.1 Å². The van der Waals surface area contributed by atoms with Crippen molar-refractivity contribution < 1.29 is 4.79 Å². The Morgan fingerprint density at radius 3 is 2.40 bits per heavy atom. The summed E-state index contributed by atoms with van der Waals surface area (Å²) in [6, 6.07) is 13.3. The lowest BCUT2D eigenvalue weighted by Crippen LogP contribution is -2.04. The van der Waals surface area contributed by atoms with Gasteiger partial charge in [0.05, 0.1) is 0 Å². The van der Waals surface area contributed by atoms with Crippen molar-refractivity contribution >= 4 is 17.4 Å². The van der Waals surface area contributed by atoms with Crippen LogP contribution in [0.15, 0.2) is 42.5 Å². The Bertz CT molecular complexity index is 614. The van der Waals surface area contributed by atoms with Crippen LogP contribution in [-0.4, -0.2) is 5.78 Å². The van der Waals surface area contributed by atoms with Crippen molar-refractivity contribution in [2.45, 2.75) is 33.1 Å². The molecule has 104 valence electrons. The van der Waals surface area contributed by atoms with Gasteiger partial charge in [0.25, 0.3) is 0 Å². The molecule has 2 heteroatoms. The molecule has 0 bridgehead atoms. The summed E-state index contributed by atoms with van der Waals surface area (Å²) in [6.07, 6.45) is 1.10. The van der Waals surface area contributed by atoms with Gasteiger partial charge in [0.2, 0.25) is 0 Å². The predicted molar refractivity (Wildman–Crippen MR) is 84.8 cm³/mol. The van der Waals surface area contributed by atoms with E-state index >= 15 is 0 Å². The summed E-state index contributed by atoms with van der Waals surface area (Å²) in [4.78, 5) is 12.5. The Labute approximate surface area is 125 Å². The third-order valence-electron chi connectivity index (χ3n) is 3.87. The third kappa shape index (κ3) is 2.94. The van der Waals surface area contributed by atoms with Crippen molar-refractivity contribution in [3.8, 4) is 0 Å². The number of carbonyl (C=O) groups is 1. The van der Waals surface area contributed by atoms with Crippen LogP contribution in [0.3, 0.4) is 0 Å². The summed E-state index contributed by atoms with van der Waals surface area (Å²) in [6.45, 7) is 6.24. The van der Waals surface area contributed by atoms with E-state index in [-0.39, 0.29) is 5.78 Å². The zero-order valence-electron chi connectivity index (χ0n) is 12.1. The minimum atomic E-state index is 0.0284. The maximum atomic E-state index is 12.5. The lowest BCUT2D eigenvalue weighted by atomic mass is 9.94. The maximum absolute atomic E-state index is 12.5. The first-order valence-electron chi connectivity index (χ1n) is 6.94. The Balaban J connectivity index is 2.32. The molecule has 20 heavy (non-hydrogen) atoms. The Morgan fingerprint density at radius 2 is 1.80 bits per heavy atom. The highest BCUT2D eigenvalue weighted by Crippen LogP contribution is 2.23. The predicted octanol–water partition coefficient (Wildman–Crippen LogP) is 5.39. The Hall–Kier alpha value is -1.60. The number of benzene rings is 2. The summed E-state index contributed by atoms with van der Waals surface area (Å²) in [5.41, 5.74) is 3.49. The highest BCUT2D eigenvalue weighted by Gasteiger charge is 2.13. The van der Waals surface area contributed by atoms with Gasteiger partial charge < -0.3 is 0 Å². The zero-order chi connectivity index (χ0) is 14.7. The van der Waals surface area contributed by atoms with E-state index in [0.717, 1.165) is 12.0 Å². The second kappa shape index (κ2) is 6.23. The maximum Gasteiger partial charge on any atom is 0.193 e. The molecule has 1 atom stereocenters. The van der Waals surface area contributed by atoms with Gasteiger partial charge in [-0.25, -0.2) is 0 Å². The molecule has 0 heterocycles. The monoisotopic (exact) mass is 286 g/mol. The summed E-state index contributed by atoms with van der Waals surface area (Å²) in [5.74, 6) is 0.549.